The number of carbonyl (C=O) groups is 1. The molecule has 3 rings (SSSR count). The number of likely N-dealkylation sites (tertiary alicyclic amines) is 2. The largest absolute Gasteiger partial charge is 0.392 e. The monoisotopic (exact) mass is 350 g/mol. The fourth-order valence-corrected chi connectivity index (χ4v) is 4.15. The Hall–Kier alpha value is -1.54. The summed E-state index contributed by atoms with van der Waals surface area (Å²) in [6.07, 6.45) is 4.51. The van der Waals surface area contributed by atoms with Crippen LogP contribution < -0.4 is 0 Å². The van der Waals surface area contributed by atoms with Gasteiger partial charge in [-0.2, -0.15) is 0 Å². The number of piperidine rings is 2. The number of nitrogens with zero attached hydrogens (tertiary/aromatic N) is 6. The molecule has 3 heterocycles. The first-order valence-corrected chi connectivity index (χ1v) is 9.38. The van der Waals surface area contributed by atoms with E-state index >= 15 is 0 Å². The lowest BCUT2D eigenvalue weighted by atomic mass is 9.72. The summed E-state index contributed by atoms with van der Waals surface area (Å²) in [6.45, 7) is 9.06. The van der Waals surface area contributed by atoms with Gasteiger partial charge in [0.15, 0.2) is 0 Å². The maximum absolute atomic E-state index is 12.1. The van der Waals surface area contributed by atoms with Crippen LogP contribution in [-0.2, 0) is 11.3 Å². The number of carbonyl (C=O) groups excluding carboxylic acids is 1. The van der Waals surface area contributed by atoms with E-state index in [4.69, 9.17) is 0 Å². The van der Waals surface area contributed by atoms with Gasteiger partial charge < -0.3 is 14.9 Å². The fraction of sp³-hybridized carbons (Fsp3) is 0.882. The number of aromatic nitrogens is 4. The highest BCUT2D eigenvalue weighted by atomic mass is 16.3. The quantitative estimate of drug-likeness (QED) is 0.802. The molecular formula is C17H30N6O2. The number of hydrogen-bond donors (Lipinski definition) is 1. The van der Waals surface area contributed by atoms with Gasteiger partial charge in [-0.25, -0.2) is 4.68 Å². The average Bonchev–Trinajstić information content (AvgIpc) is 2.98. The minimum Gasteiger partial charge on any atom is -0.392 e. The van der Waals surface area contributed by atoms with Gasteiger partial charge in [0, 0.05) is 26.1 Å². The van der Waals surface area contributed by atoms with Crippen molar-refractivity contribution in [2.24, 2.45) is 5.41 Å². The first kappa shape index (κ1) is 18.3. The molecule has 0 aliphatic carbocycles. The van der Waals surface area contributed by atoms with E-state index in [-0.39, 0.29) is 11.3 Å². The van der Waals surface area contributed by atoms with Crippen molar-refractivity contribution >= 4 is 5.91 Å². The number of aryl methyl sites for hydroxylation is 2. The van der Waals surface area contributed by atoms with E-state index in [1.807, 2.05) is 16.5 Å². The molecule has 1 amide bonds. The second-order valence-electron chi connectivity index (χ2n) is 7.77. The smallest absolute Gasteiger partial charge is 0.222 e. The molecule has 1 aromatic heterocycles. The molecule has 0 aromatic carbocycles. The fourth-order valence-electron chi connectivity index (χ4n) is 4.15. The molecule has 8 nitrogen and oxygen atoms in total. The van der Waals surface area contributed by atoms with Gasteiger partial charge in [0.05, 0.1) is 6.10 Å². The van der Waals surface area contributed by atoms with Gasteiger partial charge >= 0.3 is 0 Å². The van der Waals surface area contributed by atoms with Gasteiger partial charge in [-0.3, -0.25) is 4.79 Å². The van der Waals surface area contributed by atoms with Gasteiger partial charge in [-0.05, 0) is 75.0 Å². The van der Waals surface area contributed by atoms with Crippen LogP contribution in [0.4, 0.5) is 0 Å². The van der Waals surface area contributed by atoms with Crippen molar-refractivity contribution in [2.75, 3.05) is 32.7 Å². The van der Waals surface area contributed by atoms with Crippen molar-refractivity contribution in [2.45, 2.75) is 58.6 Å². The predicted octanol–water partition coefficient (Wildman–Crippen LogP) is 0.457. The van der Waals surface area contributed by atoms with Crippen LogP contribution in [0.1, 0.15) is 44.9 Å². The molecule has 0 unspecified atom stereocenters. The standard InChI is InChI=1S/C17H30N6O2/c1-14(24)12-22-13-17(5-4-16(22)25)6-10-21(11-7-17)8-3-9-23-15(2)18-19-20-23/h14,24H,3-13H2,1-2H3/t14-/m1/s1. The van der Waals surface area contributed by atoms with Gasteiger partial charge in [-0.15, -0.1) is 5.10 Å². The molecule has 8 heteroatoms. The van der Waals surface area contributed by atoms with Gasteiger partial charge in [0.1, 0.15) is 5.82 Å². The average molecular weight is 350 g/mol. The molecular weight excluding hydrogens is 320 g/mol. The molecule has 25 heavy (non-hydrogen) atoms. The first-order valence-electron chi connectivity index (χ1n) is 9.38. The Balaban J connectivity index is 1.44. The van der Waals surface area contributed by atoms with Crippen molar-refractivity contribution in [3.05, 3.63) is 5.82 Å². The summed E-state index contributed by atoms with van der Waals surface area (Å²) in [5, 5.41) is 21.2. The minimum atomic E-state index is -0.450. The van der Waals surface area contributed by atoms with Crippen molar-refractivity contribution in [1.29, 1.82) is 0 Å². The van der Waals surface area contributed by atoms with Crippen molar-refractivity contribution in [3.8, 4) is 0 Å². The number of tetrazole rings is 1. The van der Waals surface area contributed by atoms with E-state index in [0.717, 1.165) is 64.2 Å². The molecule has 2 fully saturated rings. The molecule has 0 radical (unpaired) electrons. The van der Waals surface area contributed by atoms with Crippen LogP contribution in [0.3, 0.4) is 0 Å². The first-order chi connectivity index (χ1) is 12.0. The summed E-state index contributed by atoms with van der Waals surface area (Å²) in [5.41, 5.74) is 0.256. The van der Waals surface area contributed by atoms with E-state index in [0.29, 0.717) is 13.0 Å². The Kier molecular flexibility index (Phi) is 5.68. The second-order valence-corrected chi connectivity index (χ2v) is 7.77. The van der Waals surface area contributed by atoms with E-state index in [2.05, 4.69) is 20.4 Å². The Morgan fingerprint density at radius 1 is 1.24 bits per heavy atom. The summed E-state index contributed by atoms with van der Waals surface area (Å²) in [7, 11) is 0. The highest BCUT2D eigenvalue weighted by molar-refractivity contribution is 5.77. The molecule has 2 aliphatic heterocycles. The molecule has 2 aliphatic rings. The lowest BCUT2D eigenvalue weighted by Crippen LogP contribution is -2.52. The van der Waals surface area contributed by atoms with Crippen LogP contribution in [0, 0.1) is 12.3 Å². The molecule has 1 atom stereocenters. The van der Waals surface area contributed by atoms with Crippen LogP contribution in [-0.4, -0.2) is 79.8 Å². The second kappa shape index (κ2) is 7.78. The number of hydrogen-bond acceptors (Lipinski definition) is 6. The van der Waals surface area contributed by atoms with Crippen LogP contribution in [0.5, 0.6) is 0 Å². The van der Waals surface area contributed by atoms with E-state index in [9.17, 15) is 9.90 Å². The third-order valence-corrected chi connectivity index (χ3v) is 5.70. The number of rotatable bonds is 6. The van der Waals surface area contributed by atoms with E-state index in [1.54, 1.807) is 6.92 Å². The number of amides is 1. The molecule has 1 spiro atoms. The summed E-state index contributed by atoms with van der Waals surface area (Å²) in [6, 6.07) is 0. The van der Waals surface area contributed by atoms with Crippen LogP contribution in [0.25, 0.3) is 0 Å². The minimum absolute atomic E-state index is 0.200. The third kappa shape index (κ3) is 4.55. The zero-order chi connectivity index (χ0) is 17.9. The lowest BCUT2D eigenvalue weighted by molar-refractivity contribution is -0.140. The zero-order valence-corrected chi connectivity index (χ0v) is 15.4. The summed E-state index contributed by atoms with van der Waals surface area (Å²) >= 11 is 0. The summed E-state index contributed by atoms with van der Waals surface area (Å²) in [5.74, 6) is 1.06. The third-order valence-electron chi connectivity index (χ3n) is 5.70. The Labute approximate surface area is 149 Å². The highest BCUT2D eigenvalue weighted by Gasteiger charge is 2.40. The van der Waals surface area contributed by atoms with Crippen LogP contribution in [0.15, 0.2) is 0 Å². The van der Waals surface area contributed by atoms with Crippen LogP contribution >= 0.6 is 0 Å². The molecule has 140 valence electrons. The summed E-state index contributed by atoms with van der Waals surface area (Å²) in [4.78, 5) is 16.5. The van der Waals surface area contributed by atoms with Crippen LogP contribution in [0.2, 0.25) is 0 Å². The molecule has 0 bridgehead atoms. The van der Waals surface area contributed by atoms with Crippen molar-refractivity contribution in [3.63, 3.8) is 0 Å². The van der Waals surface area contributed by atoms with E-state index in [1.165, 1.54) is 0 Å². The highest BCUT2D eigenvalue weighted by Crippen LogP contribution is 2.40. The molecule has 1 N–H and O–H groups in total. The molecule has 1 aromatic rings. The van der Waals surface area contributed by atoms with Gasteiger partial charge in [-0.1, -0.05) is 0 Å². The normalized spacial score (nSPS) is 22.5. The Morgan fingerprint density at radius 2 is 2.00 bits per heavy atom. The zero-order valence-electron chi connectivity index (χ0n) is 15.4. The maximum Gasteiger partial charge on any atom is 0.222 e. The molecule has 0 saturated carbocycles. The Bertz CT molecular complexity index is 579. The van der Waals surface area contributed by atoms with Gasteiger partial charge in [0.2, 0.25) is 5.91 Å². The van der Waals surface area contributed by atoms with Crippen molar-refractivity contribution in [1.82, 2.24) is 30.0 Å². The number of aliphatic hydroxyl groups is 1. The van der Waals surface area contributed by atoms with Gasteiger partial charge in [0.25, 0.3) is 0 Å². The number of β-amino-alcohol motifs (C(OH)–C–C–N with tert-alkyl or cyclic N) is 1. The lowest BCUT2D eigenvalue weighted by Gasteiger charge is -2.47. The summed E-state index contributed by atoms with van der Waals surface area (Å²) < 4.78 is 1.85. The topological polar surface area (TPSA) is 87.4 Å². The van der Waals surface area contributed by atoms with Crippen molar-refractivity contribution < 1.29 is 9.90 Å². The Morgan fingerprint density at radius 3 is 2.64 bits per heavy atom. The predicted molar refractivity (Wildman–Crippen MR) is 92.8 cm³/mol. The van der Waals surface area contributed by atoms with E-state index < -0.39 is 6.10 Å². The maximum atomic E-state index is 12.1. The SMILES string of the molecule is Cc1nnnn1CCCN1CCC2(CCC(=O)N(C[C@@H](C)O)C2)CC1. The number of aliphatic hydroxyl groups excluding tert-OH is 1. The molecule has 2 saturated heterocycles.